The van der Waals surface area contributed by atoms with Gasteiger partial charge in [0.2, 0.25) is 0 Å². The fourth-order valence-electron chi connectivity index (χ4n) is 2.49. The smallest absolute Gasteiger partial charge is 0.118 e. The van der Waals surface area contributed by atoms with Crippen LogP contribution in [0.15, 0.2) is 58.4 Å². The Balaban J connectivity index is 1.62. The molecule has 120 valence electrons. The Labute approximate surface area is 141 Å². The summed E-state index contributed by atoms with van der Waals surface area (Å²) in [4.78, 5) is 5.96. The topological polar surface area (TPSA) is 36.9 Å². The van der Waals surface area contributed by atoms with Crippen LogP contribution in [0, 0.1) is 0 Å². The average molecular weight is 327 g/mol. The molecule has 5 heteroatoms. The molecule has 0 atom stereocenters. The van der Waals surface area contributed by atoms with E-state index in [1.54, 1.807) is 18.9 Å². The number of ether oxygens (including phenoxy) is 1. The summed E-state index contributed by atoms with van der Waals surface area (Å²) in [6, 6.07) is 16.6. The summed E-state index contributed by atoms with van der Waals surface area (Å²) in [5.74, 6) is 1.91. The third kappa shape index (κ3) is 3.99. The molecular formula is C18H21N3OS. The summed E-state index contributed by atoms with van der Waals surface area (Å²) in [6.45, 7) is 1.63. The van der Waals surface area contributed by atoms with Gasteiger partial charge in [-0.05, 0) is 42.2 Å². The van der Waals surface area contributed by atoms with Crippen molar-refractivity contribution in [1.29, 1.82) is 0 Å². The van der Waals surface area contributed by atoms with Gasteiger partial charge in [-0.25, -0.2) is 0 Å². The first-order valence-corrected chi connectivity index (χ1v) is 8.85. The van der Waals surface area contributed by atoms with Gasteiger partial charge in [0.25, 0.3) is 0 Å². The Morgan fingerprint density at radius 2 is 2.04 bits per heavy atom. The number of hydrogen-bond donors (Lipinski definition) is 1. The van der Waals surface area contributed by atoms with Crippen LogP contribution in [0.5, 0.6) is 5.75 Å². The predicted octanol–water partition coefficient (Wildman–Crippen LogP) is 3.73. The van der Waals surface area contributed by atoms with Crippen LogP contribution in [0.25, 0.3) is 0 Å². The monoisotopic (exact) mass is 327 g/mol. The number of hydrazine groups is 1. The maximum atomic E-state index is 5.17. The van der Waals surface area contributed by atoms with Gasteiger partial charge in [0.1, 0.15) is 11.6 Å². The van der Waals surface area contributed by atoms with Crippen LogP contribution in [0.2, 0.25) is 0 Å². The number of amidine groups is 1. The quantitative estimate of drug-likeness (QED) is 0.849. The number of rotatable bonds is 5. The van der Waals surface area contributed by atoms with Gasteiger partial charge in [-0.1, -0.05) is 18.2 Å². The van der Waals surface area contributed by atoms with E-state index in [4.69, 9.17) is 4.74 Å². The van der Waals surface area contributed by atoms with Crippen molar-refractivity contribution < 1.29 is 4.74 Å². The van der Waals surface area contributed by atoms with Crippen molar-refractivity contribution in [1.82, 2.24) is 5.43 Å². The first kappa shape index (κ1) is 15.7. The minimum absolute atomic E-state index is 0.686. The second-order valence-corrected chi connectivity index (χ2v) is 6.21. The number of benzene rings is 2. The zero-order chi connectivity index (χ0) is 16.1. The molecule has 2 aromatic carbocycles. The van der Waals surface area contributed by atoms with Crippen LogP contribution in [0.3, 0.4) is 0 Å². The van der Waals surface area contributed by atoms with Crippen molar-refractivity contribution in [3.63, 3.8) is 0 Å². The number of anilines is 1. The molecule has 1 saturated heterocycles. The molecular weight excluding hydrogens is 306 g/mol. The number of thioether (sulfide) groups is 1. The third-order valence-corrected chi connectivity index (χ3v) is 4.54. The lowest BCUT2D eigenvalue weighted by atomic mass is 10.2. The number of aliphatic imine (C=N–C) groups is 1. The fraction of sp³-hybridized carbons (Fsp3) is 0.278. The predicted molar refractivity (Wildman–Crippen MR) is 97.5 cm³/mol. The van der Waals surface area contributed by atoms with E-state index >= 15 is 0 Å². The highest BCUT2D eigenvalue weighted by Crippen LogP contribution is 2.23. The molecule has 0 amide bonds. The molecule has 0 radical (unpaired) electrons. The third-order valence-electron chi connectivity index (χ3n) is 3.81. The molecule has 1 aliphatic rings. The van der Waals surface area contributed by atoms with Gasteiger partial charge in [-0.15, -0.1) is 11.8 Å². The Morgan fingerprint density at radius 3 is 2.78 bits per heavy atom. The molecule has 3 rings (SSSR count). The molecule has 1 heterocycles. The van der Waals surface area contributed by atoms with Crippen molar-refractivity contribution in [2.75, 3.05) is 24.9 Å². The fourth-order valence-corrected chi connectivity index (χ4v) is 2.94. The zero-order valence-corrected chi connectivity index (χ0v) is 14.3. The van der Waals surface area contributed by atoms with Crippen LogP contribution in [0.4, 0.5) is 5.69 Å². The highest BCUT2D eigenvalue weighted by atomic mass is 32.2. The van der Waals surface area contributed by atoms with Crippen LogP contribution >= 0.6 is 11.8 Å². The number of hydrogen-bond acceptors (Lipinski definition) is 4. The maximum absolute atomic E-state index is 5.17. The first-order valence-electron chi connectivity index (χ1n) is 7.63. The maximum Gasteiger partial charge on any atom is 0.118 e. The molecule has 0 spiro atoms. The van der Waals surface area contributed by atoms with Gasteiger partial charge in [-0.3, -0.25) is 15.4 Å². The lowest BCUT2D eigenvalue weighted by molar-refractivity contribution is 0.414. The van der Waals surface area contributed by atoms with Gasteiger partial charge in [0.15, 0.2) is 0 Å². The molecule has 0 aromatic heterocycles. The van der Waals surface area contributed by atoms with E-state index in [1.165, 1.54) is 16.1 Å². The molecule has 0 bridgehead atoms. The van der Waals surface area contributed by atoms with E-state index in [2.05, 4.69) is 58.1 Å². The SMILES string of the molecule is COc1ccc(CN=C2CCN(c3cccc(SC)c3)N2)cc1. The van der Waals surface area contributed by atoms with E-state index in [1.807, 2.05) is 12.1 Å². The summed E-state index contributed by atoms with van der Waals surface area (Å²) in [5, 5.41) is 2.16. The Hall–Kier alpha value is -2.14. The number of methoxy groups -OCH3 is 1. The second kappa shape index (κ2) is 7.42. The van der Waals surface area contributed by atoms with E-state index in [0.717, 1.165) is 24.6 Å². The Bertz CT molecular complexity index is 685. The highest BCUT2D eigenvalue weighted by molar-refractivity contribution is 7.98. The van der Waals surface area contributed by atoms with Crippen molar-refractivity contribution >= 4 is 23.3 Å². The molecule has 23 heavy (non-hydrogen) atoms. The second-order valence-electron chi connectivity index (χ2n) is 5.33. The Kier molecular flexibility index (Phi) is 5.08. The van der Waals surface area contributed by atoms with Crippen LogP contribution < -0.4 is 15.2 Å². The molecule has 4 nitrogen and oxygen atoms in total. The van der Waals surface area contributed by atoms with E-state index in [-0.39, 0.29) is 0 Å². The van der Waals surface area contributed by atoms with Gasteiger partial charge in [0, 0.05) is 17.9 Å². The molecule has 0 aliphatic carbocycles. The minimum atomic E-state index is 0.686. The van der Waals surface area contributed by atoms with Crippen LogP contribution in [-0.4, -0.2) is 25.7 Å². The zero-order valence-electron chi connectivity index (χ0n) is 13.5. The molecule has 1 N–H and O–H groups in total. The van der Waals surface area contributed by atoms with Gasteiger partial charge >= 0.3 is 0 Å². The van der Waals surface area contributed by atoms with E-state index in [9.17, 15) is 0 Å². The van der Waals surface area contributed by atoms with Crippen LogP contribution in [-0.2, 0) is 6.54 Å². The number of nitrogens with zero attached hydrogens (tertiary/aromatic N) is 2. The number of nitrogens with one attached hydrogen (secondary N) is 1. The largest absolute Gasteiger partial charge is 0.497 e. The highest BCUT2D eigenvalue weighted by Gasteiger charge is 2.17. The normalized spacial score (nSPS) is 15.7. The molecule has 1 aliphatic heterocycles. The van der Waals surface area contributed by atoms with Crippen molar-refractivity contribution in [3.8, 4) is 5.75 Å². The average Bonchev–Trinajstić information content (AvgIpc) is 3.09. The van der Waals surface area contributed by atoms with Crippen molar-refractivity contribution in [3.05, 3.63) is 54.1 Å². The van der Waals surface area contributed by atoms with Gasteiger partial charge in [-0.2, -0.15) is 0 Å². The molecule has 2 aromatic rings. The lowest BCUT2D eigenvalue weighted by Crippen LogP contribution is -2.33. The van der Waals surface area contributed by atoms with E-state index < -0.39 is 0 Å². The summed E-state index contributed by atoms with van der Waals surface area (Å²) in [6.07, 6.45) is 3.04. The summed E-state index contributed by atoms with van der Waals surface area (Å²) in [5.41, 5.74) is 5.77. The van der Waals surface area contributed by atoms with Gasteiger partial charge < -0.3 is 4.74 Å². The van der Waals surface area contributed by atoms with Crippen molar-refractivity contribution in [2.45, 2.75) is 17.9 Å². The van der Waals surface area contributed by atoms with Crippen molar-refractivity contribution in [2.24, 2.45) is 4.99 Å². The van der Waals surface area contributed by atoms with Crippen LogP contribution in [0.1, 0.15) is 12.0 Å². The molecule has 0 saturated carbocycles. The lowest BCUT2D eigenvalue weighted by Gasteiger charge is -2.18. The van der Waals surface area contributed by atoms with Gasteiger partial charge in [0.05, 0.1) is 19.3 Å². The molecule has 1 fully saturated rings. The minimum Gasteiger partial charge on any atom is -0.497 e. The first-order chi connectivity index (χ1) is 11.3. The summed E-state index contributed by atoms with van der Waals surface area (Å²) in [7, 11) is 1.68. The standard InChI is InChI=1S/C18H21N3OS/c1-22-16-8-6-14(7-9-16)13-19-18-10-11-21(20-18)15-4-3-5-17(12-15)23-2/h3-9,12H,10-11,13H2,1-2H3,(H,19,20). The summed E-state index contributed by atoms with van der Waals surface area (Å²) < 4.78 is 5.17. The summed E-state index contributed by atoms with van der Waals surface area (Å²) >= 11 is 1.76. The molecule has 0 unspecified atom stereocenters. The van der Waals surface area contributed by atoms with E-state index in [0.29, 0.717) is 6.54 Å². The Morgan fingerprint density at radius 1 is 1.22 bits per heavy atom.